The standard InChI is InChI=1S/C15H14BrClO2/c1-10(18)14-8-12(16)4-7-15(14)19-9-11-2-5-13(17)6-3-11/h2-8,10,18H,9H2,1H3. The van der Waals surface area contributed by atoms with Gasteiger partial charge in [-0.05, 0) is 42.8 Å². The lowest BCUT2D eigenvalue weighted by Gasteiger charge is -2.14. The molecule has 2 aromatic rings. The third-order valence-corrected chi connectivity index (χ3v) is 3.47. The van der Waals surface area contributed by atoms with Crippen LogP contribution in [0.3, 0.4) is 0 Å². The molecule has 2 nitrogen and oxygen atoms in total. The first-order valence-electron chi connectivity index (χ1n) is 5.91. The molecule has 1 atom stereocenters. The van der Waals surface area contributed by atoms with Crippen LogP contribution >= 0.6 is 27.5 Å². The van der Waals surface area contributed by atoms with Gasteiger partial charge in [-0.3, -0.25) is 0 Å². The Morgan fingerprint density at radius 3 is 2.53 bits per heavy atom. The second-order valence-corrected chi connectivity index (χ2v) is 5.63. The number of aliphatic hydroxyl groups excluding tert-OH is 1. The zero-order chi connectivity index (χ0) is 13.8. The second-order valence-electron chi connectivity index (χ2n) is 4.27. The van der Waals surface area contributed by atoms with Crippen LogP contribution in [0.1, 0.15) is 24.2 Å². The number of halogens is 2. The van der Waals surface area contributed by atoms with Crippen LogP contribution in [0, 0.1) is 0 Å². The van der Waals surface area contributed by atoms with E-state index in [4.69, 9.17) is 16.3 Å². The van der Waals surface area contributed by atoms with E-state index in [0.29, 0.717) is 17.4 Å². The molecule has 2 rings (SSSR count). The van der Waals surface area contributed by atoms with E-state index in [1.807, 2.05) is 42.5 Å². The Morgan fingerprint density at radius 2 is 1.89 bits per heavy atom. The average Bonchev–Trinajstić information content (AvgIpc) is 2.39. The van der Waals surface area contributed by atoms with Crippen LogP contribution in [-0.4, -0.2) is 5.11 Å². The van der Waals surface area contributed by atoms with Crippen molar-refractivity contribution in [3.63, 3.8) is 0 Å². The Hall–Kier alpha value is -1.03. The average molecular weight is 342 g/mol. The summed E-state index contributed by atoms with van der Waals surface area (Å²) in [4.78, 5) is 0. The number of aliphatic hydroxyl groups is 1. The zero-order valence-electron chi connectivity index (χ0n) is 10.4. The predicted molar refractivity (Wildman–Crippen MR) is 80.6 cm³/mol. The summed E-state index contributed by atoms with van der Waals surface area (Å²) in [6.45, 7) is 2.16. The number of benzene rings is 2. The maximum Gasteiger partial charge on any atom is 0.125 e. The Kier molecular flexibility index (Phi) is 4.86. The minimum absolute atomic E-state index is 0.443. The lowest BCUT2D eigenvalue weighted by Crippen LogP contribution is -2.01. The summed E-state index contributed by atoms with van der Waals surface area (Å²) in [6, 6.07) is 13.1. The Balaban J connectivity index is 2.13. The van der Waals surface area contributed by atoms with Crippen molar-refractivity contribution in [2.24, 2.45) is 0 Å². The molecule has 0 aliphatic heterocycles. The smallest absolute Gasteiger partial charge is 0.125 e. The molecular weight excluding hydrogens is 328 g/mol. The summed E-state index contributed by atoms with van der Waals surface area (Å²) in [5.74, 6) is 0.688. The molecule has 0 spiro atoms. The first-order chi connectivity index (χ1) is 9.06. The highest BCUT2D eigenvalue weighted by atomic mass is 79.9. The molecule has 0 aromatic heterocycles. The maximum atomic E-state index is 9.74. The summed E-state index contributed by atoms with van der Waals surface area (Å²) >= 11 is 9.22. The number of ether oxygens (including phenoxy) is 1. The van der Waals surface area contributed by atoms with Crippen LogP contribution in [0.15, 0.2) is 46.9 Å². The zero-order valence-corrected chi connectivity index (χ0v) is 12.8. The highest BCUT2D eigenvalue weighted by molar-refractivity contribution is 9.10. The van der Waals surface area contributed by atoms with Crippen molar-refractivity contribution in [1.82, 2.24) is 0 Å². The van der Waals surface area contributed by atoms with Gasteiger partial charge in [0.2, 0.25) is 0 Å². The highest BCUT2D eigenvalue weighted by Crippen LogP contribution is 2.29. The molecule has 19 heavy (non-hydrogen) atoms. The number of rotatable bonds is 4. The summed E-state index contributed by atoms with van der Waals surface area (Å²) in [5.41, 5.74) is 1.80. The summed E-state index contributed by atoms with van der Waals surface area (Å²) in [6.07, 6.45) is -0.572. The van der Waals surface area contributed by atoms with E-state index in [0.717, 1.165) is 15.6 Å². The van der Waals surface area contributed by atoms with Gasteiger partial charge >= 0.3 is 0 Å². The van der Waals surface area contributed by atoms with Gasteiger partial charge in [0, 0.05) is 15.1 Å². The third kappa shape index (κ3) is 3.96. The van der Waals surface area contributed by atoms with Crippen molar-refractivity contribution in [2.75, 3.05) is 0 Å². The lowest BCUT2D eigenvalue weighted by molar-refractivity contribution is 0.190. The molecule has 0 saturated carbocycles. The van der Waals surface area contributed by atoms with Crippen LogP contribution < -0.4 is 4.74 Å². The monoisotopic (exact) mass is 340 g/mol. The normalized spacial score (nSPS) is 12.2. The molecule has 0 saturated heterocycles. The van der Waals surface area contributed by atoms with Crippen molar-refractivity contribution >= 4 is 27.5 Å². The van der Waals surface area contributed by atoms with Gasteiger partial charge in [0.05, 0.1) is 6.10 Å². The summed E-state index contributed by atoms with van der Waals surface area (Å²) in [7, 11) is 0. The Labute approximate surface area is 126 Å². The van der Waals surface area contributed by atoms with Gasteiger partial charge in [-0.25, -0.2) is 0 Å². The number of hydrogen-bond donors (Lipinski definition) is 1. The first-order valence-corrected chi connectivity index (χ1v) is 7.08. The van der Waals surface area contributed by atoms with Gasteiger partial charge in [-0.15, -0.1) is 0 Å². The SMILES string of the molecule is CC(O)c1cc(Br)ccc1OCc1ccc(Cl)cc1. The minimum Gasteiger partial charge on any atom is -0.489 e. The minimum atomic E-state index is -0.572. The van der Waals surface area contributed by atoms with Crippen LogP contribution in [0.2, 0.25) is 5.02 Å². The largest absolute Gasteiger partial charge is 0.489 e. The molecule has 0 aliphatic rings. The van der Waals surface area contributed by atoms with Gasteiger partial charge < -0.3 is 9.84 Å². The van der Waals surface area contributed by atoms with Crippen LogP contribution in [0.5, 0.6) is 5.75 Å². The van der Waals surface area contributed by atoms with Crippen molar-refractivity contribution < 1.29 is 9.84 Å². The van der Waals surface area contributed by atoms with Crippen LogP contribution in [0.25, 0.3) is 0 Å². The van der Waals surface area contributed by atoms with Gasteiger partial charge in [0.1, 0.15) is 12.4 Å². The summed E-state index contributed by atoms with van der Waals surface area (Å²) in [5, 5.41) is 10.4. The van der Waals surface area contributed by atoms with E-state index in [9.17, 15) is 5.11 Å². The van der Waals surface area contributed by atoms with E-state index in [1.54, 1.807) is 6.92 Å². The van der Waals surface area contributed by atoms with Crippen LogP contribution in [0.4, 0.5) is 0 Å². The molecular formula is C15H14BrClO2. The first kappa shape index (κ1) is 14.4. The fourth-order valence-electron chi connectivity index (χ4n) is 1.72. The molecule has 0 heterocycles. The third-order valence-electron chi connectivity index (χ3n) is 2.73. The fraction of sp³-hybridized carbons (Fsp3) is 0.200. The van der Waals surface area contributed by atoms with E-state index >= 15 is 0 Å². The molecule has 0 aliphatic carbocycles. The van der Waals surface area contributed by atoms with E-state index in [1.165, 1.54) is 0 Å². The van der Waals surface area contributed by atoms with Crippen molar-refractivity contribution in [1.29, 1.82) is 0 Å². The summed E-state index contributed by atoms with van der Waals surface area (Å²) < 4.78 is 6.67. The topological polar surface area (TPSA) is 29.5 Å². The van der Waals surface area contributed by atoms with Crippen molar-refractivity contribution in [3.05, 3.63) is 63.1 Å². The van der Waals surface area contributed by atoms with E-state index in [2.05, 4.69) is 15.9 Å². The fourth-order valence-corrected chi connectivity index (χ4v) is 2.22. The van der Waals surface area contributed by atoms with Gasteiger partial charge in [-0.2, -0.15) is 0 Å². The molecule has 1 unspecified atom stereocenters. The van der Waals surface area contributed by atoms with E-state index in [-0.39, 0.29) is 0 Å². The molecule has 0 fully saturated rings. The molecule has 0 bridgehead atoms. The van der Waals surface area contributed by atoms with Crippen LogP contribution in [-0.2, 0) is 6.61 Å². The van der Waals surface area contributed by atoms with Gasteiger partial charge in [0.15, 0.2) is 0 Å². The molecule has 1 N–H and O–H groups in total. The van der Waals surface area contributed by atoms with Gasteiger partial charge in [-0.1, -0.05) is 39.7 Å². The highest BCUT2D eigenvalue weighted by Gasteiger charge is 2.10. The van der Waals surface area contributed by atoms with Crippen molar-refractivity contribution in [2.45, 2.75) is 19.6 Å². The van der Waals surface area contributed by atoms with Gasteiger partial charge in [0.25, 0.3) is 0 Å². The molecule has 0 radical (unpaired) electrons. The second kappa shape index (κ2) is 6.42. The molecule has 100 valence electrons. The Bertz CT molecular complexity index is 553. The lowest BCUT2D eigenvalue weighted by atomic mass is 10.1. The van der Waals surface area contributed by atoms with Crippen molar-refractivity contribution in [3.8, 4) is 5.75 Å². The maximum absolute atomic E-state index is 9.74. The predicted octanol–water partition coefficient (Wildman–Crippen LogP) is 4.73. The number of hydrogen-bond acceptors (Lipinski definition) is 2. The quantitative estimate of drug-likeness (QED) is 0.870. The Morgan fingerprint density at radius 1 is 1.21 bits per heavy atom. The molecule has 2 aromatic carbocycles. The molecule has 0 amide bonds. The molecule has 4 heteroatoms. The van der Waals surface area contributed by atoms with E-state index < -0.39 is 6.10 Å².